The summed E-state index contributed by atoms with van der Waals surface area (Å²) in [5.74, 6) is 2.91. The fourth-order valence-corrected chi connectivity index (χ4v) is 2.63. The number of rotatable bonds is 2. The molecule has 96 valence electrons. The maximum Gasteiger partial charge on any atom is 0.0769 e. The molecule has 1 aromatic rings. The van der Waals surface area contributed by atoms with E-state index in [-0.39, 0.29) is 5.54 Å². The molecule has 0 aromatic heterocycles. The lowest BCUT2D eigenvalue weighted by Gasteiger charge is -2.45. The quantitative estimate of drug-likeness (QED) is 0.801. The maximum atomic E-state index is 5.67. The van der Waals surface area contributed by atoms with E-state index in [2.05, 4.69) is 67.2 Å². The van der Waals surface area contributed by atoms with Crippen LogP contribution in [-0.4, -0.2) is 29.6 Å². The van der Waals surface area contributed by atoms with Crippen molar-refractivity contribution < 1.29 is 0 Å². The highest BCUT2D eigenvalue weighted by molar-refractivity contribution is 5.21. The van der Waals surface area contributed by atoms with E-state index in [1.165, 1.54) is 5.56 Å². The van der Waals surface area contributed by atoms with Gasteiger partial charge in [0.2, 0.25) is 0 Å². The summed E-state index contributed by atoms with van der Waals surface area (Å²) >= 11 is 0. The Morgan fingerprint density at radius 2 is 2.00 bits per heavy atom. The van der Waals surface area contributed by atoms with Gasteiger partial charge in [-0.1, -0.05) is 36.3 Å². The molecule has 1 fully saturated rings. The van der Waals surface area contributed by atoms with Crippen molar-refractivity contribution in [1.29, 1.82) is 0 Å². The molecule has 1 aromatic carbocycles. The van der Waals surface area contributed by atoms with Crippen LogP contribution < -0.4 is 5.32 Å². The molecular formula is C16H22N2. The van der Waals surface area contributed by atoms with E-state index in [0.717, 1.165) is 13.1 Å². The van der Waals surface area contributed by atoms with Crippen LogP contribution in [0.4, 0.5) is 0 Å². The number of terminal acetylenes is 1. The van der Waals surface area contributed by atoms with Gasteiger partial charge in [0, 0.05) is 25.2 Å². The second-order valence-electron chi connectivity index (χ2n) is 5.58. The third-order valence-electron chi connectivity index (χ3n) is 3.84. The van der Waals surface area contributed by atoms with Crippen molar-refractivity contribution in [2.24, 2.45) is 0 Å². The smallest absolute Gasteiger partial charge is 0.0769 e. The lowest BCUT2D eigenvalue weighted by Crippen LogP contribution is -2.58. The largest absolute Gasteiger partial charge is 0.307 e. The van der Waals surface area contributed by atoms with Crippen molar-refractivity contribution >= 4 is 0 Å². The first kappa shape index (κ1) is 13.1. The first-order chi connectivity index (χ1) is 8.54. The molecule has 1 aliphatic rings. The number of hydrogen-bond acceptors (Lipinski definition) is 2. The summed E-state index contributed by atoms with van der Waals surface area (Å²) in [5, 5.41) is 3.60. The van der Waals surface area contributed by atoms with Crippen LogP contribution in [0, 0.1) is 12.3 Å². The van der Waals surface area contributed by atoms with Gasteiger partial charge < -0.3 is 5.32 Å². The topological polar surface area (TPSA) is 15.3 Å². The van der Waals surface area contributed by atoms with E-state index in [4.69, 9.17) is 6.42 Å². The second-order valence-corrected chi connectivity index (χ2v) is 5.58. The summed E-state index contributed by atoms with van der Waals surface area (Å²) in [7, 11) is 0. The van der Waals surface area contributed by atoms with Crippen molar-refractivity contribution in [2.45, 2.75) is 38.4 Å². The molecule has 1 aliphatic heterocycles. The Kier molecular flexibility index (Phi) is 3.75. The van der Waals surface area contributed by atoms with Gasteiger partial charge in [-0.15, -0.1) is 6.42 Å². The lowest BCUT2D eigenvalue weighted by molar-refractivity contribution is 0.0719. The molecule has 0 saturated carbocycles. The molecular weight excluding hydrogens is 220 g/mol. The summed E-state index contributed by atoms with van der Waals surface area (Å²) in [4.78, 5) is 2.42. The van der Waals surface area contributed by atoms with Gasteiger partial charge in [0.15, 0.2) is 0 Å². The number of benzene rings is 1. The SMILES string of the molecule is C#CC(C)(C)N1CC(c2ccccc2)NCC1C. The van der Waals surface area contributed by atoms with E-state index in [1.54, 1.807) is 0 Å². The van der Waals surface area contributed by atoms with Gasteiger partial charge >= 0.3 is 0 Å². The molecule has 1 heterocycles. The predicted octanol–water partition coefficient (Wildman–Crippen LogP) is 2.43. The summed E-state index contributed by atoms with van der Waals surface area (Å²) in [6, 6.07) is 11.4. The minimum atomic E-state index is -0.186. The van der Waals surface area contributed by atoms with Gasteiger partial charge in [-0.2, -0.15) is 0 Å². The highest BCUT2D eigenvalue weighted by atomic mass is 15.3. The molecule has 2 nitrogen and oxygen atoms in total. The van der Waals surface area contributed by atoms with E-state index in [1.807, 2.05) is 0 Å². The van der Waals surface area contributed by atoms with E-state index < -0.39 is 0 Å². The molecule has 0 bridgehead atoms. The molecule has 0 spiro atoms. The third-order valence-corrected chi connectivity index (χ3v) is 3.84. The van der Waals surface area contributed by atoms with Crippen LogP contribution >= 0.6 is 0 Å². The number of hydrogen-bond donors (Lipinski definition) is 1. The van der Waals surface area contributed by atoms with Gasteiger partial charge in [-0.25, -0.2) is 0 Å². The number of nitrogens with one attached hydrogen (secondary N) is 1. The molecule has 2 unspecified atom stereocenters. The summed E-state index contributed by atoms with van der Waals surface area (Å²) < 4.78 is 0. The van der Waals surface area contributed by atoms with Crippen molar-refractivity contribution in [3.8, 4) is 12.3 Å². The summed E-state index contributed by atoms with van der Waals surface area (Å²) in [6.45, 7) is 8.41. The average molecular weight is 242 g/mol. The highest BCUT2D eigenvalue weighted by Crippen LogP contribution is 2.25. The van der Waals surface area contributed by atoms with Crippen LogP contribution in [0.1, 0.15) is 32.4 Å². The van der Waals surface area contributed by atoms with E-state index in [9.17, 15) is 0 Å². The lowest BCUT2D eigenvalue weighted by atomic mass is 9.95. The van der Waals surface area contributed by atoms with Crippen LogP contribution in [0.25, 0.3) is 0 Å². The summed E-state index contributed by atoms with van der Waals surface area (Å²) in [6.07, 6.45) is 5.67. The zero-order valence-corrected chi connectivity index (χ0v) is 11.5. The van der Waals surface area contributed by atoms with Gasteiger partial charge in [-0.05, 0) is 26.3 Å². The Balaban J connectivity index is 2.17. The second kappa shape index (κ2) is 5.14. The monoisotopic (exact) mass is 242 g/mol. The molecule has 0 radical (unpaired) electrons. The Hall–Kier alpha value is -1.30. The minimum absolute atomic E-state index is 0.186. The van der Waals surface area contributed by atoms with Crippen LogP contribution in [0.15, 0.2) is 30.3 Å². The van der Waals surface area contributed by atoms with Crippen molar-refractivity contribution in [3.05, 3.63) is 35.9 Å². The molecule has 1 saturated heterocycles. The van der Waals surface area contributed by atoms with Gasteiger partial charge in [0.1, 0.15) is 0 Å². The van der Waals surface area contributed by atoms with Crippen LogP contribution in [0.3, 0.4) is 0 Å². The first-order valence-corrected chi connectivity index (χ1v) is 6.57. The maximum absolute atomic E-state index is 5.67. The number of piperazine rings is 1. The molecule has 2 rings (SSSR count). The van der Waals surface area contributed by atoms with Crippen LogP contribution in [0.2, 0.25) is 0 Å². The molecule has 18 heavy (non-hydrogen) atoms. The van der Waals surface area contributed by atoms with Gasteiger partial charge in [-0.3, -0.25) is 4.90 Å². The zero-order chi connectivity index (χ0) is 13.2. The Morgan fingerprint density at radius 3 is 2.61 bits per heavy atom. The Bertz CT molecular complexity index is 430. The number of nitrogens with zero attached hydrogens (tertiary/aromatic N) is 1. The predicted molar refractivity (Wildman–Crippen MR) is 76.3 cm³/mol. The van der Waals surface area contributed by atoms with Gasteiger partial charge in [0.05, 0.1) is 5.54 Å². The molecule has 1 N–H and O–H groups in total. The minimum Gasteiger partial charge on any atom is -0.307 e. The van der Waals surface area contributed by atoms with Crippen molar-refractivity contribution in [2.75, 3.05) is 13.1 Å². The van der Waals surface area contributed by atoms with Crippen LogP contribution in [-0.2, 0) is 0 Å². The normalized spacial score (nSPS) is 25.7. The molecule has 2 heteroatoms. The highest BCUT2D eigenvalue weighted by Gasteiger charge is 2.34. The van der Waals surface area contributed by atoms with Gasteiger partial charge in [0.25, 0.3) is 0 Å². The summed E-state index contributed by atoms with van der Waals surface area (Å²) in [5.41, 5.74) is 1.15. The average Bonchev–Trinajstić information content (AvgIpc) is 2.40. The van der Waals surface area contributed by atoms with E-state index >= 15 is 0 Å². The van der Waals surface area contributed by atoms with Crippen LogP contribution in [0.5, 0.6) is 0 Å². The van der Waals surface area contributed by atoms with Crippen molar-refractivity contribution in [3.63, 3.8) is 0 Å². The first-order valence-electron chi connectivity index (χ1n) is 6.57. The molecule has 2 atom stereocenters. The fraction of sp³-hybridized carbons (Fsp3) is 0.500. The third kappa shape index (κ3) is 2.58. The standard InChI is InChI=1S/C16H22N2/c1-5-16(3,4)18-12-15(17-11-13(18)2)14-9-7-6-8-10-14/h1,6-10,13,15,17H,11-12H2,2-4H3. The Morgan fingerprint density at radius 1 is 1.33 bits per heavy atom. The Labute approximate surface area is 110 Å². The van der Waals surface area contributed by atoms with E-state index in [0.29, 0.717) is 12.1 Å². The molecule has 0 aliphatic carbocycles. The van der Waals surface area contributed by atoms with Crippen molar-refractivity contribution in [1.82, 2.24) is 10.2 Å². The molecule has 0 amide bonds. The zero-order valence-electron chi connectivity index (χ0n) is 11.5. The fourth-order valence-electron chi connectivity index (χ4n) is 2.63.